The SMILES string of the molecule is CN(CCCNC(=O)c1cccs1)C1CCCCC1. The van der Waals surface area contributed by atoms with Gasteiger partial charge >= 0.3 is 0 Å². The smallest absolute Gasteiger partial charge is 0.261 e. The van der Waals surface area contributed by atoms with E-state index in [1.54, 1.807) is 0 Å². The molecule has 1 saturated carbocycles. The summed E-state index contributed by atoms with van der Waals surface area (Å²) in [6, 6.07) is 4.55. The molecule has 19 heavy (non-hydrogen) atoms. The van der Waals surface area contributed by atoms with Crippen molar-refractivity contribution in [2.45, 2.75) is 44.6 Å². The molecule has 1 aromatic heterocycles. The molecule has 3 nitrogen and oxygen atoms in total. The summed E-state index contributed by atoms with van der Waals surface area (Å²) in [7, 11) is 2.22. The number of nitrogens with one attached hydrogen (secondary N) is 1. The van der Waals surface area contributed by atoms with Gasteiger partial charge < -0.3 is 10.2 Å². The molecule has 0 bridgehead atoms. The van der Waals surface area contributed by atoms with Gasteiger partial charge in [-0.05, 0) is 44.3 Å². The van der Waals surface area contributed by atoms with Crippen LogP contribution in [0.15, 0.2) is 17.5 Å². The van der Waals surface area contributed by atoms with E-state index >= 15 is 0 Å². The standard InChI is InChI=1S/C15H24N2OS/c1-17(13-7-3-2-4-8-13)11-6-10-16-15(18)14-9-5-12-19-14/h5,9,12-13H,2-4,6-8,10-11H2,1H3,(H,16,18). The predicted molar refractivity (Wildman–Crippen MR) is 80.8 cm³/mol. The van der Waals surface area contributed by atoms with Crippen LogP contribution in [0.1, 0.15) is 48.2 Å². The van der Waals surface area contributed by atoms with Gasteiger partial charge in [-0.15, -0.1) is 11.3 Å². The van der Waals surface area contributed by atoms with Crippen LogP contribution in [0.4, 0.5) is 0 Å². The van der Waals surface area contributed by atoms with E-state index < -0.39 is 0 Å². The van der Waals surface area contributed by atoms with Crippen LogP contribution >= 0.6 is 11.3 Å². The molecule has 1 fully saturated rings. The largest absolute Gasteiger partial charge is 0.351 e. The molecule has 1 aliphatic rings. The van der Waals surface area contributed by atoms with Gasteiger partial charge in [0, 0.05) is 12.6 Å². The minimum absolute atomic E-state index is 0.0651. The molecule has 106 valence electrons. The van der Waals surface area contributed by atoms with Crippen LogP contribution in [0, 0.1) is 0 Å². The predicted octanol–water partition coefficient (Wildman–Crippen LogP) is 3.13. The van der Waals surface area contributed by atoms with E-state index in [0.29, 0.717) is 0 Å². The number of thiophene rings is 1. The van der Waals surface area contributed by atoms with Gasteiger partial charge in [0.2, 0.25) is 0 Å². The van der Waals surface area contributed by atoms with Crippen LogP contribution < -0.4 is 5.32 Å². The summed E-state index contributed by atoms with van der Waals surface area (Å²) < 4.78 is 0. The minimum atomic E-state index is 0.0651. The maximum atomic E-state index is 11.7. The zero-order chi connectivity index (χ0) is 13.5. The molecule has 1 amide bonds. The number of amides is 1. The third-order valence-corrected chi connectivity index (χ3v) is 4.78. The average Bonchev–Trinajstić information content (AvgIpc) is 2.98. The van der Waals surface area contributed by atoms with Gasteiger partial charge in [0.1, 0.15) is 0 Å². The van der Waals surface area contributed by atoms with Crippen molar-refractivity contribution in [2.75, 3.05) is 20.1 Å². The molecule has 1 N–H and O–H groups in total. The Morgan fingerprint density at radius 2 is 2.21 bits per heavy atom. The van der Waals surface area contributed by atoms with E-state index in [1.807, 2.05) is 17.5 Å². The fraction of sp³-hybridized carbons (Fsp3) is 0.667. The zero-order valence-electron chi connectivity index (χ0n) is 11.7. The van der Waals surface area contributed by atoms with Crippen molar-refractivity contribution in [3.8, 4) is 0 Å². The van der Waals surface area contributed by atoms with Crippen LogP contribution in [0.25, 0.3) is 0 Å². The van der Waals surface area contributed by atoms with E-state index in [1.165, 1.54) is 43.4 Å². The second-order valence-corrected chi connectivity index (χ2v) is 6.31. The molecule has 0 unspecified atom stereocenters. The molecular formula is C15H24N2OS. The van der Waals surface area contributed by atoms with Crippen LogP contribution in [-0.4, -0.2) is 37.0 Å². The average molecular weight is 280 g/mol. The Hall–Kier alpha value is -0.870. The zero-order valence-corrected chi connectivity index (χ0v) is 12.5. The highest BCUT2D eigenvalue weighted by Gasteiger charge is 2.17. The van der Waals surface area contributed by atoms with E-state index in [9.17, 15) is 4.79 Å². The van der Waals surface area contributed by atoms with E-state index in [0.717, 1.165) is 30.4 Å². The molecule has 0 aliphatic heterocycles. The topological polar surface area (TPSA) is 32.3 Å². The van der Waals surface area contributed by atoms with E-state index in [-0.39, 0.29) is 5.91 Å². The third-order valence-electron chi connectivity index (χ3n) is 3.92. The number of nitrogens with zero attached hydrogens (tertiary/aromatic N) is 1. The third kappa shape index (κ3) is 4.62. The molecule has 2 rings (SSSR count). The summed E-state index contributed by atoms with van der Waals surface area (Å²) in [4.78, 5) is 15.0. The van der Waals surface area contributed by atoms with Crippen LogP contribution in [0.2, 0.25) is 0 Å². The van der Waals surface area contributed by atoms with Crippen molar-refractivity contribution in [3.63, 3.8) is 0 Å². The first-order valence-corrected chi connectivity index (χ1v) is 8.17. The Kier molecular flexibility index (Phi) is 5.86. The first-order valence-electron chi connectivity index (χ1n) is 7.29. The lowest BCUT2D eigenvalue weighted by Crippen LogP contribution is -2.35. The summed E-state index contributed by atoms with van der Waals surface area (Å²) in [6.45, 7) is 1.85. The molecule has 4 heteroatoms. The normalized spacial score (nSPS) is 16.7. The van der Waals surface area contributed by atoms with E-state index in [2.05, 4.69) is 17.3 Å². The van der Waals surface area contributed by atoms with Crippen LogP contribution in [0.3, 0.4) is 0 Å². The molecule has 0 atom stereocenters. The highest BCUT2D eigenvalue weighted by Crippen LogP contribution is 2.21. The maximum Gasteiger partial charge on any atom is 0.261 e. The lowest BCUT2D eigenvalue weighted by molar-refractivity contribution is 0.0954. The van der Waals surface area contributed by atoms with Gasteiger partial charge in [0.15, 0.2) is 0 Å². The number of carbonyl (C=O) groups excluding carboxylic acids is 1. The molecule has 1 aliphatic carbocycles. The highest BCUT2D eigenvalue weighted by atomic mass is 32.1. The summed E-state index contributed by atoms with van der Waals surface area (Å²) >= 11 is 1.50. The molecule has 1 aromatic rings. The number of hydrogen-bond donors (Lipinski definition) is 1. The number of carbonyl (C=O) groups is 1. The summed E-state index contributed by atoms with van der Waals surface area (Å²) in [5.74, 6) is 0.0651. The van der Waals surface area contributed by atoms with Gasteiger partial charge in [-0.2, -0.15) is 0 Å². The van der Waals surface area contributed by atoms with Gasteiger partial charge in [-0.1, -0.05) is 25.3 Å². The second kappa shape index (κ2) is 7.65. The first-order chi connectivity index (χ1) is 9.27. The van der Waals surface area contributed by atoms with Crippen LogP contribution in [-0.2, 0) is 0 Å². The Morgan fingerprint density at radius 1 is 1.42 bits per heavy atom. The van der Waals surface area contributed by atoms with Crippen molar-refractivity contribution in [1.29, 1.82) is 0 Å². The quantitative estimate of drug-likeness (QED) is 0.812. The van der Waals surface area contributed by atoms with Crippen molar-refractivity contribution < 1.29 is 4.79 Å². The summed E-state index contributed by atoms with van der Waals surface area (Å²) in [5, 5.41) is 4.92. The van der Waals surface area contributed by atoms with Gasteiger partial charge in [-0.3, -0.25) is 4.79 Å². The first kappa shape index (κ1) is 14.5. The van der Waals surface area contributed by atoms with Gasteiger partial charge in [0.25, 0.3) is 5.91 Å². The van der Waals surface area contributed by atoms with Gasteiger partial charge in [0.05, 0.1) is 4.88 Å². The monoisotopic (exact) mass is 280 g/mol. The van der Waals surface area contributed by atoms with Crippen LogP contribution in [0.5, 0.6) is 0 Å². The maximum absolute atomic E-state index is 11.7. The Labute approximate surface area is 120 Å². The molecule has 0 radical (unpaired) electrons. The second-order valence-electron chi connectivity index (χ2n) is 5.36. The molecule has 0 aromatic carbocycles. The summed E-state index contributed by atoms with van der Waals surface area (Å²) in [5.41, 5.74) is 0. The lowest BCUT2D eigenvalue weighted by atomic mass is 9.94. The van der Waals surface area contributed by atoms with Crippen molar-refractivity contribution >= 4 is 17.2 Å². The van der Waals surface area contributed by atoms with E-state index in [4.69, 9.17) is 0 Å². The lowest BCUT2D eigenvalue weighted by Gasteiger charge is -2.31. The fourth-order valence-electron chi connectivity index (χ4n) is 2.73. The van der Waals surface area contributed by atoms with Crippen molar-refractivity contribution in [2.24, 2.45) is 0 Å². The molecular weight excluding hydrogens is 256 g/mol. The molecule has 0 spiro atoms. The molecule has 1 heterocycles. The fourth-order valence-corrected chi connectivity index (χ4v) is 3.37. The van der Waals surface area contributed by atoms with Crippen molar-refractivity contribution in [3.05, 3.63) is 22.4 Å². The Bertz CT molecular complexity index is 372. The summed E-state index contributed by atoms with van der Waals surface area (Å²) in [6.07, 6.45) is 7.88. The Balaban J connectivity index is 1.59. The number of rotatable bonds is 6. The van der Waals surface area contributed by atoms with Gasteiger partial charge in [-0.25, -0.2) is 0 Å². The minimum Gasteiger partial charge on any atom is -0.351 e. The highest BCUT2D eigenvalue weighted by molar-refractivity contribution is 7.12. The number of hydrogen-bond acceptors (Lipinski definition) is 3. The van der Waals surface area contributed by atoms with Crippen molar-refractivity contribution in [1.82, 2.24) is 10.2 Å². The molecule has 0 saturated heterocycles. The Morgan fingerprint density at radius 3 is 2.89 bits per heavy atom.